The summed E-state index contributed by atoms with van der Waals surface area (Å²) < 4.78 is 1.86. The molecule has 0 aliphatic carbocycles. The Morgan fingerprint density at radius 1 is 0.767 bits per heavy atom. The van der Waals surface area contributed by atoms with Crippen molar-refractivity contribution in [2.75, 3.05) is 0 Å². The third-order valence-electron chi connectivity index (χ3n) is 4.65. The topological polar surface area (TPSA) is 30.7 Å². The van der Waals surface area contributed by atoms with Crippen LogP contribution < -0.4 is 0 Å². The average molecular weight is 574 g/mol. The molecule has 3 nitrogen and oxygen atoms in total. The van der Waals surface area contributed by atoms with Gasteiger partial charge in [0.05, 0.1) is 6.20 Å². The second kappa shape index (κ2) is 11.6. The van der Waals surface area contributed by atoms with Gasteiger partial charge in [0.2, 0.25) is 0 Å². The van der Waals surface area contributed by atoms with Crippen LogP contribution in [0.1, 0.15) is 50.7 Å². The maximum atomic E-state index is 4.44. The monoisotopic (exact) mass is 574 g/mol. The summed E-state index contributed by atoms with van der Waals surface area (Å²) in [5, 5.41) is 4.29. The van der Waals surface area contributed by atoms with Gasteiger partial charge in [0.1, 0.15) is 0 Å². The minimum absolute atomic E-state index is 0. The normalized spacial score (nSPS) is 10.3. The van der Waals surface area contributed by atoms with Gasteiger partial charge in [-0.05, 0) is 34.3 Å². The van der Waals surface area contributed by atoms with E-state index in [-0.39, 0.29) is 20.1 Å². The van der Waals surface area contributed by atoms with Crippen LogP contribution in [0.3, 0.4) is 0 Å². The number of aromatic nitrogens is 3. The van der Waals surface area contributed by atoms with Crippen LogP contribution in [0.4, 0.5) is 0 Å². The molecule has 0 atom stereocenters. The summed E-state index contributed by atoms with van der Waals surface area (Å²) in [7, 11) is 0. The van der Waals surface area contributed by atoms with E-state index in [4.69, 9.17) is 0 Å². The first-order valence-electron chi connectivity index (χ1n) is 9.99. The fourth-order valence-corrected chi connectivity index (χ4v) is 2.75. The number of benzene rings is 2. The quantitative estimate of drug-likeness (QED) is 0.262. The zero-order valence-electron chi connectivity index (χ0n) is 17.8. The molecule has 2 aromatic carbocycles. The van der Waals surface area contributed by atoms with Gasteiger partial charge in [0, 0.05) is 32.5 Å². The van der Waals surface area contributed by atoms with Crippen molar-refractivity contribution in [2.24, 2.45) is 0 Å². The molecular formula is C26H27IrN3-2. The summed E-state index contributed by atoms with van der Waals surface area (Å²) in [5.41, 5.74) is 5.55. The Labute approximate surface area is 193 Å². The van der Waals surface area contributed by atoms with Crippen molar-refractivity contribution in [1.82, 2.24) is 14.8 Å². The number of nitrogens with zero attached hydrogens (tertiary/aromatic N) is 3. The van der Waals surface area contributed by atoms with Crippen molar-refractivity contribution in [3.8, 4) is 16.9 Å². The molecule has 0 spiro atoms. The SMILES string of the molecule is CC(C)c1ccc(-c2[c-]cccc2)nc1.CC(C)c1cnn(-c2[c-]cccc2)c1.[Ir]. The number of rotatable bonds is 4. The zero-order valence-corrected chi connectivity index (χ0v) is 20.2. The molecule has 2 aromatic heterocycles. The van der Waals surface area contributed by atoms with E-state index in [0.29, 0.717) is 11.8 Å². The summed E-state index contributed by atoms with van der Waals surface area (Å²) in [6.07, 6.45) is 5.91. The Morgan fingerprint density at radius 2 is 1.47 bits per heavy atom. The maximum absolute atomic E-state index is 4.44. The summed E-state index contributed by atoms with van der Waals surface area (Å²) in [6.45, 7) is 8.67. The van der Waals surface area contributed by atoms with Crippen LogP contribution in [0.2, 0.25) is 0 Å². The fraction of sp³-hybridized carbons (Fsp3) is 0.231. The first-order valence-corrected chi connectivity index (χ1v) is 9.99. The van der Waals surface area contributed by atoms with Crippen molar-refractivity contribution in [1.29, 1.82) is 0 Å². The standard InChI is InChI=1S/C14H14N.C12H13N2.Ir/c1-11(2)13-8-9-14(15-10-13)12-6-4-3-5-7-12;1-10(2)11-8-13-14(9-11)12-6-4-3-5-7-12;/h3-6,8-11H,1-2H3;3-6,8-10H,1-2H3;/q2*-1;. The molecule has 0 bridgehead atoms. The van der Waals surface area contributed by atoms with Crippen LogP contribution in [-0.4, -0.2) is 14.8 Å². The number of hydrogen-bond donors (Lipinski definition) is 0. The molecule has 0 amide bonds. The van der Waals surface area contributed by atoms with Crippen LogP contribution >= 0.6 is 0 Å². The van der Waals surface area contributed by atoms with E-state index in [1.165, 1.54) is 11.1 Å². The molecule has 4 rings (SSSR count). The van der Waals surface area contributed by atoms with Crippen LogP contribution in [0, 0.1) is 12.1 Å². The van der Waals surface area contributed by atoms with Gasteiger partial charge in [-0.3, -0.25) is 4.68 Å². The Balaban J connectivity index is 0.000000207. The Kier molecular flexibility index (Phi) is 9.16. The molecule has 157 valence electrons. The largest absolute Gasteiger partial charge is 0.304 e. The average Bonchev–Trinajstić information content (AvgIpc) is 3.26. The fourth-order valence-electron chi connectivity index (χ4n) is 2.75. The summed E-state index contributed by atoms with van der Waals surface area (Å²) in [6, 6.07) is 26.2. The van der Waals surface area contributed by atoms with E-state index in [0.717, 1.165) is 16.9 Å². The second-order valence-corrected chi connectivity index (χ2v) is 7.53. The van der Waals surface area contributed by atoms with Crippen LogP contribution in [0.5, 0.6) is 0 Å². The van der Waals surface area contributed by atoms with Crippen molar-refractivity contribution >= 4 is 0 Å². The first-order chi connectivity index (χ1) is 14.0. The molecule has 2 heterocycles. The van der Waals surface area contributed by atoms with Gasteiger partial charge in [-0.25, -0.2) is 0 Å². The number of hydrogen-bond acceptors (Lipinski definition) is 2. The predicted octanol–water partition coefficient (Wildman–Crippen LogP) is 6.47. The smallest absolute Gasteiger partial charge is 0.0527 e. The van der Waals surface area contributed by atoms with Crippen LogP contribution in [0.15, 0.2) is 79.3 Å². The third-order valence-corrected chi connectivity index (χ3v) is 4.65. The van der Waals surface area contributed by atoms with Gasteiger partial charge < -0.3 is 4.98 Å². The molecule has 4 heteroatoms. The van der Waals surface area contributed by atoms with Gasteiger partial charge in [0.25, 0.3) is 0 Å². The Morgan fingerprint density at radius 3 is 1.97 bits per heavy atom. The molecule has 0 saturated carbocycles. The molecule has 0 saturated heterocycles. The summed E-state index contributed by atoms with van der Waals surface area (Å²) in [4.78, 5) is 4.44. The Hall–Kier alpha value is -2.55. The van der Waals surface area contributed by atoms with E-state index in [1.807, 2.05) is 65.6 Å². The molecule has 1 radical (unpaired) electrons. The minimum atomic E-state index is 0. The van der Waals surface area contributed by atoms with Gasteiger partial charge >= 0.3 is 0 Å². The molecular weight excluding hydrogens is 547 g/mol. The van der Waals surface area contributed by atoms with E-state index < -0.39 is 0 Å². The molecule has 0 aliphatic heterocycles. The van der Waals surface area contributed by atoms with Crippen molar-refractivity contribution in [3.63, 3.8) is 0 Å². The molecule has 0 N–H and O–H groups in total. The Bertz CT molecular complexity index is 991. The van der Waals surface area contributed by atoms with Gasteiger partial charge in [-0.1, -0.05) is 39.8 Å². The van der Waals surface area contributed by atoms with Crippen LogP contribution in [-0.2, 0) is 20.1 Å². The van der Waals surface area contributed by atoms with Gasteiger partial charge in [-0.2, -0.15) is 29.4 Å². The first kappa shape index (κ1) is 23.7. The summed E-state index contributed by atoms with van der Waals surface area (Å²) >= 11 is 0. The summed E-state index contributed by atoms with van der Waals surface area (Å²) in [5.74, 6) is 1.05. The molecule has 0 unspecified atom stereocenters. The van der Waals surface area contributed by atoms with E-state index in [9.17, 15) is 0 Å². The van der Waals surface area contributed by atoms with Gasteiger partial charge in [0.15, 0.2) is 0 Å². The molecule has 0 fully saturated rings. The van der Waals surface area contributed by atoms with Crippen molar-refractivity contribution in [3.05, 3.63) is 103 Å². The molecule has 30 heavy (non-hydrogen) atoms. The van der Waals surface area contributed by atoms with E-state index >= 15 is 0 Å². The van der Waals surface area contributed by atoms with E-state index in [1.54, 1.807) is 0 Å². The van der Waals surface area contributed by atoms with Crippen molar-refractivity contribution in [2.45, 2.75) is 39.5 Å². The second-order valence-electron chi connectivity index (χ2n) is 7.53. The predicted molar refractivity (Wildman–Crippen MR) is 119 cm³/mol. The third kappa shape index (κ3) is 6.48. The zero-order chi connectivity index (χ0) is 20.6. The molecule has 0 aliphatic rings. The van der Waals surface area contributed by atoms with E-state index in [2.05, 4.69) is 68.2 Å². The van der Waals surface area contributed by atoms with Gasteiger partial charge in [-0.15, -0.1) is 42.0 Å². The molecule has 4 aromatic rings. The van der Waals surface area contributed by atoms with Crippen LogP contribution in [0.25, 0.3) is 16.9 Å². The van der Waals surface area contributed by atoms with Crippen molar-refractivity contribution < 1.29 is 20.1 Å². The number of para-hydroxylation sites is 1. The number of pyridine rings is 1. The minimum Gasteiger partial charge on any atom is -0.304 e. The maximum Gasteiger partial charge on any atom is 0.0527 e.